The van der Waals surface area contributed by atoms with E-state index in [1.807, 2.05) is 73.9 Å². The van der Waals surface area contributed by atoms with Gasteiger partial charge in [-0.15, -0.1) is 51.7 Å². The van der Waals surface area contributed by atoms with Crippen molar-refractivity contribution in [2.75, 3.05) is 0 Å². The number of nitro groups is 1. The van der Waals surface area contributed by atoms with Crippen LogP contribution in [0, 0.1) is 29.2 Å². The first-order valence-electron chi connectivity index (χ1n) is 14.6. The maximum absolute atomic E-state index is 10.6. The summed E-state index contributed by atoms with van der Waals surface area (Å²) in [6, 6.07) is 42.3. The van der Waals surface area contributed by atoms with Crippen molar-refractivity contribution >= 4 is 27.5 Å². The zero-order chi connectivity index (χ0) is 32.2. The molecule has 4 aromatic heterocycles. The number of para-hydroxylation sites is 1. The Morgan fingerprint density at radius 1 is 0.729 bits per heavy atom. The van der Waals surface area contributed by atoms with Crippen molar-refractivity contribution in [2.45, 2.75) is 6.92 Å². The molecule has 0 N–H and O–H groups in total. The molecule has 0 aliphatic rings. The van der Waals surface area contributed by atoms with Crippen LogP contribution in [0.1, 0.15) is 5.56 Å². The van der Waals surface area contributed by atoms with Crippen LogP contribution < -0.4 is 0 Å². The summed E-state index contributed by atoms with van der Waals surface area (Å²) in [5.41, 5.74) is 6.55. The summed E-state index contributed by atoms with van der Waals surface area (Å²) in [7, 11) is 0. The summed E-state index contributed by atoms with van der Waals surface area (Å²) < 4.78 is 2.21. The number of fused-ring (bicyclic) bond motifs is 3. The van der Waals surface area contributed by atoms with E-state index in [1.165, 1.54) is 29.0 Å². The van der Waals surface area contributed by atoms with Gasteiger partial charge in [0.25, 0.3) is 0 Å². The van der Waals surface area contributed by atoms with E-state index in [0.717, 1.165) is 39.2 Å². The van der Waals surface area contributed by atoms with Crippen LogP contribution in [0.2, 0.25) is 0 Å². The van der Waals surface area contributed by atoms with Gasteiger partial charge < -0.3 is 9.55 Å². The van der Waals surface area contributed by atoms with Crippen molar-refractivity contribution in [2.24, 2.45) is 0 Å². The summed E-state index contributed by atoms with van der Waals surface area (Å²) in [5, 5.41) is 28.9. The summed E-state index contributed by atoms with van der Waals surface area (Å²) in [4.78, 5) is 19.3. The fourth-order valence-electron chi connectivity index (χ4n) is 5.20. The largest absolute Gasteiger partial charge is 0.335 e. The van der Waals surface area contributed by atoms with E-state index in [0.29, 0.717) is 11.4 Å². The Morgan fingerprint density at radius 3 is 2.17 bits per heavy atom. The molecule has 0 bridgehead atoms. The normalized spacial score (nSPS) is 10.6. The van der Waals surface area contributed by atoms with E-state index in [9.17, 15) is 10.1 Å². The van der Waals surface area contributed by atoms with E-state index >= 15 is 0 Å². The molecule has 4 aromatic carbocycles. The molecule has 8 rings (SSSR count). The predicted molar refractivity (Wildman–Crippen MR) is 179 cm³/mol. The van der Waals surface area contributed by atoms with Gasteiger partial charge in [0.15, 0.2) is 5.69 Å². The standard InChI is InChI=1S/C23H16N3.C14H8N5O2.Ir/c1-16-12-13-20(25-15-16)19-9-6-8-18-17-7-2-3-10-21(17)26(23(18)19)22-11-4-5-14-24-22;20-19(21)12-8-6-11(7-9-12)14-17-15-13(16-18-14)10-4-2-1-3-5-10;/h2-8,10-15H,1H3;1-6,8-9H;/q2*-1;. The van der Waals surface area contributed by atoms with E-state index in [-0.39, 0.29) is 31.6 Å². The van der Waals surface area contributed by atoms with Gasteiger partial charge in [-0.3, -0.25) is 10.1 Å². The van der Waals surface area contributed by atoms with Gasteiger partial charge in [-0.05, 0) is 47.3 Å². The number of aryl methyl sites for hydroxylation is 1. The van der Waals surface area contributed by atoms with Crippen LogP contribution in [-0.2, 0) is 20.1 Å². The molecular weight excluding hydrogens is 781 g/mol. The van der Waals surface area contributed by atoms with Crippen molar-refractivity contribution in [1.29, 1.82) is 0 Å². The van der Waals surface area contributed by atoms with Gasteiger partial charge >= 0.3 is 0 Å². The van der Waals surface area contributed by atoms with Gasteiger partial charge in [-0.25, -0.2) is 4.98 Å². The number of hydrogen-bond acceptors (Lipinski definition) is 8. The average Bonchev–Trinajstić information content (AvgIpc) is 3.48. The number of non-ortho nitro benzene ring substituents is 1. The fraction of sp³-hybridized carbons (Fsp3) is 0.0270. The number of hydrogen-bond donors (Lipinski definition) is 0. The molecule has 0 amide bonds. The molecule has 11 heteroatoms. The molecule has 0 fully saturated rings. The predicted octanol–water partition coefficient (Wildman–Crippen LogP) is 7.66. The Kier molecular flexibility index (Phi) is 9.42. The number of aromatic nitrogens is 7. The smallest absolute Gasteiger partial charge is 0.201 e. The molecule has 48 heavy (non-hydrogen) atoms. The second-order valence-corrected chi connectivity index (χ2v) is 10.5. The van der Waals surface area contributed by atoms with Gasteiger partial charge in [0, 0.05) is 48.5 Å². The first-order valence-corrected chi connectivity index (χ1v) is 14.6. The Labute approximate surface area is 288 Å². The second kappa shape index (κ2) is 14.2. The van der Waals surface area contributed by atoms with Crippen LogP contribution >= 0.6 is 0 Å². The molecule has 8 aromatic rings. The quantitative estimate of drug-likeness (QED) is 0.0988. The number of nitrogens with zero attached hydrogens (tertiary/aromatic N) is 8. The third-order valence-electron chi connectivity index (χ3n) is 7.43. The number of benzene rings is 4. The zero-order valence-electron chi connectivity index (χ0n) is 25.4. The summed E-state index contributed by atoms with van der Waals surface area (Å²) in [5.74, 6) is 1.58. The van der Waals surface area contributed by atoms with Gasteiger partial charge in [-0.1, -0.05) is 84.2 Å². The van der Waals surface area contributed by atoms with Crippen molar-refractivity contribution in [3.63, 3.8) is 0 Å². The van der Waals surface area contributed by atoms with Crippen LogP contribution in [0.3, 0.4) is 0 Å². The fourth-order valence-corrected chi connectivity index (χ4v) is 5.20. The SMILES string of the molecule is Cc1ccc(-c2[c-]ccc3c4ccccc4n(-c4ccccn4)c23)nc1.O=[N+]([O-])c1c[c-]c(-c2nnc(-c3ccccc3)nn2)cc1.[Ir]. The Balaban J connectivity index is 0.000000168. The number of rotatable bonds is 5. The summed E-state index contributed by atoms with van der Waals surface area (Å²) in [6.45, 7) is 2.05. The molecule has 0 saturated heterocycles. The Morgan fingerprint density at radius 2 is 1.48 bits per heavy atom. The molecule has 1 radical (unpaired) electrons. The van der Waals surface area contributed by atoms with Crippen molar-refractivity contribution < 1.29 is 25.0 Å². The van der Waals surface area contributed by atoms with E-state index < -0.39 is 4.92 Å². The van der Waals surface area contributed by atoms with E-state index in [4.69, 9.17) is 0 Å². The maximum atomic E-state index is 10.6. The minimum absolute atomic E-state index is 0. The molecule has 0 aliphatic heterocycles. The van der Waals surface area contributed by atoms with Crippen molar-refractivity contribution in [3.05, 3.63) is 155 Å². The van der Waals surface area contributed by atoms with Crippen LogP contribution in [0.4, 0.5) is 5.69 Å². The first-order chi connectivity index (χ1) is 23.1. The van der Waals surface area contributed by atoms with E-state index in [1.54, 1.807) is 0 Å². The topological polar surface area (TPSA) is 125 Å². The molecule has 235 valence electrons. The van der Waals surface area contributed by atoms with Gasteiger partial charge in [0.1, 0.15) is 11.6 Å². The molecule has 10 nitrogen and oxygen atoms in total. The van der Waals surface area contributed by atoms with Gasteiger partial charge in [0.05, 0.1) is 0 Å². The number of nitro benzene ring substituents is 1. The van der Waals surface area contributed by atoms with Gasteiger partial charge in [0.2, 0.25) is 5.82 Å². The second-order valence-electron chi connectivity index (χ2n) is 10.5. The third kappa shape index (κ3) is 6.46. The average molecular weight is 805 g/mol. The summed E-state index contributed by atoms with van der Waals surface area (Å²) >= 11 is 0. The molecule has 0 saturated carbocycles. The van der Waals surface area contributed by atoms with Crippen molar-refractivity contribution in [3.8, 4) is 39.9 Å². The Hall–Kier alpha value is -6.03. The number of pyridine rings is 2. The van der Waals surface area contributed by atoms with Crippen LogP contribution in [0.25, 0.3) is 61.7 Å². The Bertz CT molecular complexity index is 2310. The maximum Gasteiger partial charge on any atom is 0.201 e. The molecule has 0 aliphatic carbocycles. The zero-order valence-corrected chi connectivity index (χ0v) is 27.7. The molecule has 0 spiro atoms. The minimum Gasteiger partial charge on any atom is -0.335 e. The molecule has 0 unspecified atom stereocenters. The molecular formula is C37H24IrN8O2-2. The minimum atomic E-state index is -0.490. The van der Waals surface area contributed by atoms with Gasteiger partial charge in [-0.2, -0.15) is 10.2 Å². The first kappa shape index (κ1) is 31.9. The van der Waals surface area contributed by atoms with Crippen LogP contribution in [0.15, 0.2) is 128 Å². The monoisotopic (exact) mass is 805 g/mol. The third-order valence-corrected chi connectivity index (χ3v) is 7.43. The molecule has 0 atom stereocenters. The van der Waals surface area contributed by atoms with Crippen LogP contribution in [-0.4, -0.2) is 39.9 Å². The molecule has 4 heterocycles. The van der Waals surface area contributed by atoms with Crippen LogP contribution in [0.5, 0.6) is 0 Å². The summed E-state index contributed by atoms with van der Waals surface area (Å²) in [6.07, 6.45) is 3.72. The van der Waals surface area contributed by atoms with Crippen molar-refractivity contribution in [1.82, 2.24) is 34.9 Å². The van der Waals surface area contributed by atoms with E-state index in [2.05, 4.69) is 89.5 Å².